The first-order valence-electron chi connectivity index (χ1n) is 8.88. The van der Waals surface area contributed by atoms with Gasteiger partial charge >= 0.3 is 5.97 Å². The number of fused-ring (bicyclic) bond motifs is 1. The number of nitrogens with one attached hydrogen (secondary N) is 2. The lowest BCUT2D eigenvalue weighted by molar-refractivity contribution is 0.0691. The van der Waals surface area contributed by atoms with Gasteiger partial charge in [-0.1, -0.05) is 37.3 Å². The maximum Gasteiger partial charge on any atom is 0.355 e. The molecule has 8 nitrogen and oxygen atoms in total. The van der Waals surface area contributed by atoms with Gasteiger partial charge in [0.15, 0.2) is 27.6 Å². The third-order valence-corrected chi connectivity index (χ3v) is 6.02. The van der Waals surface area contributed by atoms with Gasteiger partial charge < -0.3 is 15.7 Å². The molecule has 3 N–H and O–H groups in total. The maximum absolute atomic E-state index is 11.0. The summed E-state index contributed by atoms with van der Waals surface area (Å²) in [6.45, 7) is 6.13. The monoisotopic (exact) mass is 426 g/mol. The molecule has 0 atom stereocenters. The molecule has 3 heterocycles. The number of hydrogen-bond donors (Lipinski definition) is 3. The molecule has 0 radical (unpaired) electrons. The average Bonchev–Trinajstić information content (AvgIpc) is 3.30. The molecule has 3 aromatic heterocycles. The number of aromatic carboxylic acids is 1. The van der Waals surface area contributed by atoms with Crippen LogP contribution in [0.1, 0.15) is 41.4 Å². The molecule has 0 fully saturated rings. The minimum Gasteiger partial charge on any atom is -0.476 e. The van der Waals surface area contributed by atoms with E-state index in [1.165, 1.54) is 16.7 Å². The molecule has 4 rings (SSSR count). The number of para-hydroxylation sites is 1. The molecular weight excluding hydrogens is 408 g/mol. The van der Waals surface area contributed by atoms with Crippen LogP contribution in [0, 0.1) is 6.92 Å². The van der Waals surface area contributed by atoms with E-state index in [1.807, 2.05) is 31.2 Å². The van der Waals surface area contributed by atoms with Gasteiger partial charge in [0, 0.05) is 16.5 Å². The highest BCUT2D eigenvalue weighted by molar-refractivity contribution is 7.22. The number of anilines is 4. The summed E-state index contributed by atoms with van der Waals surface area (Å²) >= 11 is 2.77. The van der Waals surface area contributed by atoms with Gasteiger partial charge in [0.2, 0.25) is 0 Å². The van der Waals surface area contributed by atoms with Crippen molar-refractivity contribution < 1.29 is 9.90 Å². The summed E-state index contributed by atoms with van der Waals surface area (Å²) in [6, 6.07) is 7.96. The van der Waals surface area contributed by atoms with Gasteiger partial charge in [-0.15, -0.1) is 21.5 Å². The van der Waals surface area contributed by atoms with Crippen LogP contribution in [0.4, 0.5) is 21.9 Å². The quantitative estimate of drug-likeness (QED) is 0.387. The molecule has 0 aliphatic heterocycles. The van der Waals surface area contributed by atoms with Crippen molar-refractivity contribution in [3.05, 3.63) is 46.5 Å². The SMILES string of the molecule is Cc1c(Nc2nc(C(=O)O)cs2)nnc(Nc2nc3ccccc3s2)c1C(C)C. The topological polar surface area (TPSA) is 113 Å². The van der Waals surface area contributed by atoms with Crippen molar-refractivity contribution in [1.82, 2.24) is 20.2 Å². The summed E-state index contributed by atoms with van der Waals surface area (Å²) in [5, 5.41) is 26.8. The fourth-order valence-electron chi connectivity index (χ4n) is 3.01. The van der Waals surface area contributed by atoms with Crippen molar-refractivity contribution in [2.75, 3.05) is 10.6 Å². The van der Waals surface area contributed by atoms with Crippen molar-refractivity contribution >= 4 is 60.8 Å². The standard InChI is InChI=1S/C19H18N6O2S2/c1-9(2)14-10(3)15(22-18-21-12(8-28-18)17(26)27)24-25-16(14)23-19-20-11-6-4-5-7-13(11)29-19/h4-9H,1-3H3,(H,26,27)(H,20,23,25)(H,21,22,24). The van der Waals surface area contributed by atoms with Gasteiger partial charge in [-0.2, -0.15) is 0 Å². The van der Waals surface area contributed by atoms with Crippen LogP contribution < -0.4 is 10.6 Å². The van der Waals surface area contributed by atoms with E-state index in [4.69, 9.17) is 5.11 Å². The molecule has 29 heavy (non-hydrogen) atoms. The van der Waals surface area contributed by atoms with Gasteiger partial charge in [-0.05, 0) is 25.0 Å². The largest absolute Gasteiger partial charge is 0.476 e. The fourth-order valence-corrected chi connectivity index (χ4v) is 4.56. The van der Waals surface area contributed by atoms with Crippen molar-refractivity contribution in [3.63, 3.8) is 0 Å². The fraction of sp³-hybridized carbons (Fsp3) is 0.211. The summed E-state index contributed by atoms with van der Waals surface area (Å²) in [5.74, 6) is 0.339. The number of carboxylic acids is 1. The zero-order valence-electron chi connectivity index (χ0n) is 15.9. The molecule has 0 saturated heterocycles. The lowest BCUT2D eigenvalue weighted by Crippen LogP contribution is -2.08. The Morgan fingerprint density at radius 3 is 2.48 bits per heavy atom. The molecule has 0 unspecified atom stereocenters. The van der Waals surface area contributed by atoms with Crippen LogP contribution in [0.5, 0.6) is 0 Å². The van der Waals surface area contributed by atoms with Gasteiger partial charge in [0.1, 0.15) is 0 Å². The van der Waals surface area contributed by atoms with Gasteiger partial charge in [0.05, 0.1) is 10.2 Å². The average molecular weight is 427 g/mol. The lowest BCUT2D eigenvalue weighted by Gasteiger charge is -2.17. The number of benzene rings is 1. The Kier molecular flexibility index (Phi) is 5.12. The zero-order valence-corrected chi connectivity index (χ0v) is 17.6. The van der Waals surface area contributed by atoms with E-state index in [2.05, 4.69) is 44.6 Å². The van der Waals surface area contributed by atoms with E-state index in [-0.39, 0.29) is 11.6 Å². The molecule has 0 aliphatic rings. The van der Waals surface area contributed by atoms with E-state index >= 15 is 0 Å². The van der Waals surface area contributed by atoms with E-state index < -0.39 is 5.97 Å². The van der Waals surface area contributed by atoms with Crippen LogP contribution in [0.15, 0.2) is 29.6 Å². The predicted molar refractivity (Wildman–Crippen MR) is 116 cm³/mol. The third-order valence-electron chi connectivity index (χ3n) is 4.31. The molecule has 0 amide bonds. The highest BCUT2D eigenvalue weighted by Gasteiger charge is 2.19. The third kappa shape index (κ3) is 3.89. The Bertz CT molecular complexity index is 1170. The van der Waals surface area contributed by atoms with Gasteiger partial charge in [-0.3, -0.25) is 0 Å². The first kappa shape index (κ1) is 19.2. The Hall–Kier alpha value is -3.11. The Balaban J connectivity index is 1.66. The van der Waals surface area contributed by atoms with Crippen molar-refractivity contribution in [2.24, 2.45) is 0 Å². The molecule has 0 bridgehead atoms. The van der Waals surface area contributed by atoms with Crippen molar-refractivity contribution in [1.29, 1.82) is 0 Å². The molecule has 1 aromatic carbocycles. The predicted octanol–water partition coefficient (Wildman–Crippen LogP) is 5.16. The van der Waals surface area contributed by atoms with E-state index in [1.54, 1.807) is 11.3 Å². The number of thiazole rings is 2. The molecule has 0 saturated carbocycles. The van der Waals surface area contributed by atoms with Crippen LogP contribution >= 0.6 is 22.7 Å². The summed E-state index contributed by atoms with van der Waals surface area (Å²) in [7, 11) is 0. The summed E-state index contributed by atoms with van der Waals surface area (Å²) in [4.78, 5) is 19.7. The first-order chi connectivity index (χ1) is 13.9. The number of carbonyl (C=O) groups is 1. The molecular formula is C19H18N6O2S2. The Labute approximate surface area is 174 Å². The summed E-state index contributed by atoms with van der Waals surface area (Å²) in [5.41, 5.74) is 2.87. The van der Waals surface area contributed by atoms with E-state index in [0.717, 1.165) is 26.5 Å². The molecule has 10 heteroatoms. The highest BCUT2D eigenvalue weighted by Crippen LogP contribution is 2.34. The number of nitrogens with zero attached hydrogens (tertiary/aromatic N) is 4. The smallest absolute Gasteiger partial charge is 0.355 e. The van der Waals surface area contributed by atoms with Gasteiger partial charge in [0.25, 0.3) is 0 Å². The number of hydrogen-bond acceptors (Lipinski definition) is 9. The summed E-state index contributed by atoms with van der Waals surface area (Å²) in [6.07, 6.45) is 0. The van der Waals surface area contributed by atoms with E-state index in [0.29, 0.717) is 16.8 Å². The van der Waals surface area contributed by atoms with Crippen molar-refractivity contribution in [3.8, 4) is 0 Å². The van der Waals surface area contributed by atoms with Gasteiger partial charge in [-0.25, -0.2) is 14.8 Å². The van der Waals surface area contributed by atoms with Crippen LogP contribution in [0.2, 0.25) is 0 Å². The first-order valence-corrected chi connectivity index (χ1v) is 10.6. The lowest BCUT2D eigenvalue weighted by atomic mass is 9.99. The van der Waals surface area contributed by atoms with Crippen LogP contribution in [0.25, 0.3) is 10.2 Å². The van der Waals surface area contributed by atoms with Crippen LogP contribution in [-0.2, 0) is 0 Å². The minimum atomic E-state index is -1.06. The Morgan fingerprint density at radius 2 is 1.79 bits per heavy atom. The van der Waals surface area contributed by atoms with E-state index in [9.17, 15) is 4.79 Å². The van der Waals surface area contributed by atoms with Crippen molar-refractivity contribution in [2.45, 2.75) is 26.7 Å². The molecule has 4 aromatic rings. The maximum atomic E-state index is 11.0. The molecule has 0 spiro atoms. The van der Waals surface area contributed by atoms with Crippen LogP contribution in [0.3, 0.4) is 0 Å². The molecule has 0 aliphatic carbocycles. The highest BCUT2D eigenvalue weighted by atomic mass is 32.1. The second kappa shape index (κ2) is 7.72. The second-order valence-corrected chi connectivity index (χ2v) is 8.56. The summed E-state index contributed by atoms with van der Waals surface area (Å²) < 4.78 is 1.10. The Morgan fingerprint density at radius 1 is 1.07 bits per heavy atom. The zero-order chi connectivity index (χ0) is 20.5. The number of aromatic nitrogens is 4. The normalized spacial score (nSPS) is 11.2. The van der Waals surface area contributed by atoms with Crippen LogP contribution in [-0.4, -0.2) is 31.2 Å². The number of carboxylic acid groups (broad SMARTS) is 1. The second-order valence-electron chi connectivity index (χ2n) is 6.67. The minimum absolute atomic E-state index is 0.00122. The number of rotatable bonds is 6. The molecule has 148 valence electrons.